The molecule has 0 saturated heterocycles. The molecule has 0 bridgehead atoms. The molecule has 0 amide bonds. The number of sulfonamides is 1. The summed E-state index contributed by atoms with van der Waals surface area (Å²) in [6, 6.07) is 0.00796. The van der Waals surface area contributed by atoms with Crippen LogP contribution in [0.1, 0.15) is 41.0 Å². The van der Waals surface area contributed by atoms with Crippen molar-refractivity contribution in [2.75, 3.05) is 5.33 Å². The Kier molecular flexibility index (Phi) is 5.79. The summed E-state index contributed by atoms with van der Waals surface area (Å²) in [5.41, 5.74) is 0. The maximum atomic E-state index is 11.9. The number of rotatable bonds is 5. The monoisotopic (exact) mass is 299 g/mol. The van der Waals surface area contributed by atoms with Crippen LogP contribution in [0, 0.1) is 5.92 Å². The van der Waals surface area contributed by atoms with E-state index in [1.807, 2.05) is 13.8 Å². The van der Waals surface area contributed by atoms with Gasteiger partial charge in [-0.1, -0.05) is 29.8 Å². The molecule has 0 aliphatic rings. The van der Waals surface area contributed by atoms with Crippen molar-refractivity contribution in [3.63, 3.8) is 0 Å². The fourth-order valence-corrected chi connectivity index (χ4v) is 2.66. The average molecular weight is 300 g/mol. The Balaban J connectivity index is 4.68. The van der Waals surface area contributed by atoms with E-state index in [0.29, 0.717) is 5.92 Å². The van der Waals surface area contributed by atoms with Gasteiger partial charge in [-0.05, 0) is 33.1 Å². The van der Waals surface area contributed by atoms with Crippen LogP contribution in [-0.2, 0) is 10.0 Å². The van der Waals surface area contributed by atoms with Gasteiger partial charge >= 0.3 is 0 Å². The van der Waals surface area contributed by atoms with Crippen LogP contribution in [-0.4, -0.2) is 24.5 Å². The second kappa shape index (κ2) is 5.64. The van der Waals surface area contributed by atoms with Crippen LogP contribution in [0.3, 0.4) is 0 Å². The third-order valence-corrected chi connectivity index (χ3v) is 5.02. The number of hydrogen-bond acceptors (Lipinski definition) is 2. The molecule has 0 heterocycles. The molecule has 0 rings (SSSR count). The molecule has 0 aromatic heterocycles. The summed E-state index contributed by atoms with van der Waals surface area (Å²) in [4.78, 5) is 0. The predicted molar refractivity (Wildman–Crippen MR) is 68.8 cm³/mol. The standard InChI is InChI=1S/C10H22BrNO2S/c1-8(2)9(6-7-11)12-15(13,14)10(3,4)5/h8-9,12H,6-7H2,1-5H3. The van der Waals surface area contributed by atoms with Gasteiger partial charge < -0.3 is 0 Å². The molecule has 0 aromatic carbocycles. The molecule has 92 valence electrons. The maximum Gasteiger partial charge on any atom is 0.216 e. The van der Waals surface area contributed by atoms with Crippen LogP contribution < -0.4 is 4.72 Å². The van der Waals surface area contributed by atoms with Crippen LogP contribution in [0.4, 0.5) is 0 Å². The quantitative estimate of drug-likeness (QED) is 0.793. The summed E-state index contributed by atoms with van der Waals surface area (Å²) in [6.45, 7) is 9.18. The summed E-state index contributed by atoms with van der Waals surface area (Å²) >= 11 is 3.34. The summed E-state index contributed by atoms with van der Waals surface area (Å²) in [7, 11) is -3.24. The fraction of sp³-hybridized carbons (Fsp3) is 1.00. The maximum absolute atomic E-state index is 11.9. The normalized spacial score (nSPS) is 15.7. The Hall–Kier alpha value is 0.390. The number of alkyl halides is 1. The Morgan fingerprint density at radius 1 is 1.27 bits per heavy atom. The highest BCUT2D eigenvalue weighted by atomic mass is 79.9. The lowest BCUT2D eigenvalue weighted by molar-refractivity contribution is 0.432. The lowest BCUT2D eigenvalue weighted by Crippen LogP contribution is -2.46. The molecule has 5 heteroatoms. The van der Waals surface area contributed by atoms with Crippen molar-refractivity contribution in [1.29, 1.82) is 0 Å². The SMILES string of the molecule is CC(C)C(CCBr)NS(=O)(=O)C(C)(C)C. The van der Waals surface area contributed by atoms with Gasteiger partial charge in [-0.15, -0.1) is 0 Å². The molecule has 0 aliphatic carbocycles. The van der Waals surface area contributed by atoms with Crippen molar-refractivity contribution in [1.82, 2.24) is 4.72 Å². The zero-order valence-electron chi connectivity index (χ0n) is 10.2. The second-order valence-electron chi connectivity index (χ2n) is 5.06. The summed E-state index contributed by atoms with van der Waals surface area (Å²) < 4.78 is 25.9. The molecule has 0 spiro atoms. The number of hydrogen-bond donors (Lipinski definition) is 1. The van der Waals surface area contributed by atoms with E-state index >= 15 is 0 Å². The van der Waals surface area contributed by atoms with Crippen LogP contribution in [0.5, 0.6) is 0 Å². The average Bonchev–Trinajstić information content (AvgIpc) is 2.00. The Morgan fingerprint density at radius 2 is 1.73 bits per heavy atom. The molecule has 0 radical (unpaired) electrons. The minimum Gasteiger partial charge on any atom is -0.212 e. The van der Waals surface area contributed by atoms with E-state index < -0.39 is 14.8 Å². The number of halogens is 1. The number of nitrogens with one attached hydrogen (secondary N) is 1. The lowest BCUT2D eigenvalue weighted by Gasteiger charge is -2.27. The second-order valence-corrected chi connectivity index (χ2v) is 8.32. The van der Waals surface area contributed by atoms with Gasteiger partial charge in [0, 0.05) is 11.4 Å². The van der Waals surface area contributed by atoms with Crippen molar-refractivity contribution < 1.29 is 8.42 Å². The van der Waals surface area contributed by atoms with E-state index in [0.717, 1.165) is 11.8 Å². The predicted octanol–water partition coefficient (Wildman–Crippen LogP) is 2.51. The molecule has 0 aromatic rings. The molecule has 1 N–H and O–H groups in total. The molecule has 15 heavy (non-hydrogen) atoms. The molecular weight excluding hydrogens is 278 g/mol. The summed E-state index contributed by atoms with van der Waals surface area (Å²) in [6.07, 6.45) is 0.812. The van der Waals surface area contributed by atoms with E-state index in [1.165, 1.54) is 0 Å². The van der Waals surface area contributed by atoms with E-state index in [9.17, 15) is 8.42 Å². The Bertz CT molecular complexity index is 280. The highest BCUT2D eigenvalue weighted by Crippen LogP contribution is 2.17. The summed E-state index contributed by atoms with van der Waals surface area (Å²) in [5.74, 6) is 0.305. The Morgan fingerprint density at radius 3 is 2.00 bits per heavy atom. The van der Waals surface area contributed by atoms with Crippen molar-refractivity contribution in [3.05, 3.63) is 0 Å². The van der Waals surface area contributed by atoms with Crippen LogP contribution in [0.2, 0.25) is 0 Å². The van der Waals surface area contributed by atoms with Crippen molar-refractivity contribution in [2.24, 2.45) is 5.92 Å². The van der Waals surface area contributed by atoms with Gasteiger partial charge in [0.25, 0.3) is 0 Å². The molecule has 0 aliphatic heterocycles. The zero-order chi connectivity index (χ0) is 12.3. The first kappa shape index (κ1) is 15.4. The highest BCUT2D eigenvalue weighted by Gasteiger charge is 2.31. The van der Waals surface area contributed by atoms with Crippen molar-refractivity contribution >= 4 is 26.0 Å². The summed E-state index contributed by atoms with van der Waals surface area (Å²) in [5, 5.41) is 0.808. The van der Waals surface area contributed by atoms with E-state index in [-0.39, 0.29) is 6.04 Å². The third-order valence-electron chi connectivity index (χ3n) is 2.34. The van der Waals surface area contributed by atoms with Gasteiger partial charge in [0.1, 0.15) is 0 Å². The molecule has 0 fully saturated rings. The zero-order valence-corrected chi connectivity index (χ0v) is 12.6. The minimum atomic E-state index is -3.24. The van der Waals surface area contributed by atoms with Crippen molar-refractivity contribution in [2.45, 2.75) is 51.8 Å². The van der Waals surface area contributed by atoms with E-state index in [4.69, 9.17) is 0 Å². The van der Waals surface area contributed by atoms with E-state index in [2.05, 4.69) is 20.7 Å². The fourth-order valence-electron chi connectivity index (χ4n) is 1.02. The van der Waals surface area contributed by atoms with E-state index in [1.54, 1.807) is 20.8 Å². The minimum absolute atomic E-state index is 0.00796. The molecule has 1 unspecified atom stereocenters. The van der Waals surface area contributed by atoms with Gasteiger partial charge in [-0.3, -0.25) is 0 Å². The Labute approximate surface area is 102 Å². The molecule has 1 atom stereocenters. The van der Waals surface area contributed by atoms with Gasteiger partial charge in [0.05, 0.1) is 4.75 Å². The lowest BCUT2D eigenvalue weighted by atomic mass is 10.0. The van der Waals surface area contributed by atoms with Gasteiger partial charge in [-0.2, -0.15) is 0 Å². The highest BCUT2D eigenvalue weighted by molar-refractivity contribution is 9.09. The topological polar surface area (TPSA) is 46.2 Å². The van der Waals surface area contributed by atoms with Crippen LogP contribution >= 0.6 is 15.9 Å². The first-order valence-corrected chi connectivity index (χ1v) is 7.80. The first-order valence-electron chi connectivity index (χ1n) is 5.19. The smallest absolute Gasteiger partial charge is 0.212 e. The third kappa shape index (κ3) is 4.83. The van der Waals surface area contributed by atoms with Crippen LogP contribution in [0.15, 0.2) is 0 Å². The molecule has 0 saturated carbocycles. The molecule has 3 nitrogen and oxygen atoms in total. The van der Waals surface area contributed by atoms with Crippen LogP contribution in [0.25, 0.3) is 0 Å². The van der Waals surface area contributed by atoms with Gasteiger partial charge in [0.15, 0.2) is 0 Å². The largest absolute Gasteiger partial charge is 0.216 e. The molecular formula is C10H22BrNO2S. The van der Waals surface area contributed by atoms with Gasteiger partial charge in [-0.25, -0.2) is 13.1 Å². The van der Waals surface area contributed by atoms with Crippen molar-refractivity contribution in [3.8, 4) is 0 Å². The van der Waals surface area contributed by atoms with Gasteiger partial charge in [0.2, 0.25) is 10.0 Å². The first-order chi connectivity index (χ1) is 6.62.